The second-order valence-corrected chi connectivity index (χ2v) is 8.59. The number of carbonyl (C=O) groups excluding carboxylic acids is 2. The van der Waals surface area contributed by atoms with Gasteiger partial charge in [-0.2, -0.15) is 5.10 Å². The number of amides is 2. The van der Waals surface area contributed by atoms with Crippen LogP contribution in [0.25, 0.3) is 11.3 Å². The lowest BCUT2D eigenvalue weighted by atomic mass is 10.1. The van der Waals surface area contributed by atoms with Crippen molar-refractivity contribution in [1.82, 2.24) is 20.1 Å². The first-order chi connectivity index (χ1) is 16.1. The zero-order chi connectivity index (χ0) is 22.8. The standard InChI is InChI=1S/C25H27N5O3/c26-24(31)17-11-9-16(10-12-17)19-7-4-8-21(27-19)22-15-30(13-14-33-22)25(32)23-18-5-2-1-3-6-20(18)28-29-23/h4,7-12,22H,1-3,5-6,13-15H2,(H2,26,31)(H,28,29)/t22-/m1/s1. The summed E-state index contributed by atoms with van der Waals surface area (Å²) >= 11 is 0. The maximum absolute atomic E-state index is 13.3. The second-order valence-electron chi connectivity index (χ2n) is 8.59. The van der Waals surface area contributed by atoms with Gasteiger partial charge in [-0.1, -0.05) is 24.6 Å². The quantitative estimate of drug-likeness (QED) is 0.599. The highest BCUT2D eigenvalue weighted by Crippen LogP contribution is 2.27. The van der Waals surface area contributed by atoms with Crippen molar-refractivity contribution in [3.63, 3.8) is 0 Å². The summed E-state index contributed by atoms with van der Waals surface area (Å²) in [6.07, 6.45) is 4.95. The van der Waals surface area contributed by atoms with Crippen molar-refractivity contribution in [3.8, 4) is 11.3 Å². The van der Waals surface area contributed by atoms with E-state index in [1.807, 2.05) is 35.2 Å². The van der Waals surface area contributed by atoms with E-state index < -0.39 is 5.91 Å². The number of pyridine rings is 1. The summed E-state index contributed by atoms with van der Waals surface area (Å²) in [7, 11) is 0. The van der Waals surface area contributed by atoms with E-state index in [1.165, 1.54) is 6.42 Å². The first-order valence-electron chi connectivity index (χ1n) is 11.4. The van der Waals surface area contributed by atoms with Crippen LogP contribution in [-0.4, -0.2) is 51.6 Å². The molecule has 0 bridgehead atoms. The Morgan fingerprint density at radius 3 is 2.70 bits per heavy atom. The number of aromatic nitrogens is 3. The summed E-state index contributed by atoms with van der Waals surface area (Å²) < 4.78 is 5.99. The molecule has 2 aliphatic rings. The zero-order valence-electron chi connectivity index (χ0n) is 18.4. The number of primary amides is 1. The number of aryl methyl sites for hydroxylation is 1. The van der Waals surface area contributed by atoms with Crippen LogP contribution in [0.3, 0.4) is 0 Å². The predicted octanol–water partition coefficient (Wildman–Crippen LogP) is 3.05. The Morgan fingerprint density at radius 2 is 1.88 bits per heavy atom. The number of ether oxygens (including phenoxy) is 1. The zero-order valence-corrected chi connectivity index (χ0v) is 18.4. The van der Waals surface area contributed by atoms with E-state index in [9.17, 15) is 9.59 Å². The Morgan fingerprint density at radius 1 is 1.06 bits per heavy atom. The van der Waals surface area contributed by atoms with Crippen LogP contribution < -0.4 is 5.73 Å². The number of nitrogens with one attached hydrogen (secondary N) is 1. The smallest absolute Gasteiger partial charge is 0.274 e. The van der Waals surface area contributed by atoms with E-state index in [4.69, 9.17) is 15.5 Å². The number of benzene rings is 1. The lowest BCUT2D eigenvalue weighted by Crippen LogP contribution is -2.43. The summed E-state index contributed by atoms with van der Waals surface area (Å²) in [4.78, 5) is 31.3. The van der Waals surface area contributed by atoms with Crippen molar-refractivity contribution in [2.24, 2.45) is 5.73 Å². The molecule has 3 aromatic rings. The number of hydrogen-bond acceptors (Lipinski definition) is 5. The van der Waals surface area contributed by atoms with Gasteiger partial charge in [0.15, 0.2) is 5.69 Å². The van der Waals surface area contributed by atoms with Gasteiger partial charge >= 0.3 is 0 Å². The van der Waals surface area contributed by atoms with Crippen LogP contribution in [-0.2, 0) is 17.6 Å². The summed E-state index contributed by atoms with van der Waals surface area (Å²) in [5.41, 5.74) is 11.0. The average molecular weight is 446 g/mol. The third-order valence-corrected chi connectivity index (χ3v) is 6.43. The van der Waals surface area contributed by atoms with E-state index in [0.29, 0.717) is 31.0 Å². The van der Waals surface area contributed by atoms with Gasteiger partial charge in [0.05, 0.1) is 24.5 Å². The molecule has 33 heavy (non-hydrogen) atoms. The first kappa shape index (κ1) is 21.3. The van der Waals surface area contributed by atoms with Crippen LogP contribution in [0.5, 0.6) is 0 Å². The topological polar surface area (TPSA) is 114 Å². The molecule has 3 N–H and O–H groups in total. The molecule has 5 rings (SSSR count). The predicted molar refractivity (Wildman–Crippen MR) is 123 cm³/mol. The number of nitrogens with two attached hydrogens (primary N) is 1. The van der Waals surface area contributed by atoms with Crippen LogP contribution in [0.15, 0.2) is 42.5 Å². The van der Waals surface area contributed by atoms with Gasteiger partial charge in [0, 0.05) is 28.9 Å². The molecule has 2 amide bonds. The van der Waals surface area contributed by atoms with Crippen LogP contribution >= 0.6 is 0 Å². The minimum absolute atomic E-state index is 0.0408. The van der Waals surface area contributed by atoms with Crippen molar-refractivity contribution in [2.45, 2.75) is 38.2 Å². The average Bonchev–Trinajstić information content (AvgIpc) is 3.11. The summed E-state index contributed by atoms with van der Waals surface area (Å²) in [5.74, 6) is -0.502. The number of rotatable bonds is 4. The monoisotopic (exact) mass is 445 g/mol. The third kappa shape index (κ3) is 4.39. The molecule has 0 spiro atoms. The molecule has 8 heteroatoms. The van der Waals surface area contributed by atoms with Crippen LogP contribution in [0.1, 0.15) is 63.2 Å². The fraction of sp³-hybridized carbons (Fsp3) is 0.360. The van der Waals surface area contributed by atoms with Crippen LogP contribution in [0, 0.1) is 0 Å². The molecular weight excluding hydrogens is 418 g/mol. The van der Waals surface area contributed by atoms with E-state index in [-0.39, 0.29) is 12.0 Å². The molecule has 2 aromatic heterocycles. The Hall–Kier alpha value is -3.52. The number of nitrogens with zero attached hydrogens (tertiary/aromatic N) is 3. The molecule has 0 saturated carbocycles. The number of hydrogen-bond donors (Lipinski definition) is 2. The first-order valence-corrected chi connectivity index (χ1v) is 11.4. The van der Waals surface area contributed by atoms with Crippen molar-refractivity contribution in [2.75, 3.05) is 19.7 Å². The molecule has 1 aliphatic heterocycles. The minimum Gasteiger partial charge on any atom is -0.368 e. The number of aromatic amines is 1. The van der Waals surface area contributed by atoms with Crippen molar-refractivity contribution >= 4 is 11.8 Å². The molecule has 3 heterocycles. The van der Waals surface area contributed by atoms with E-state index in [1.54, 1.807) is 12.1 Å². The fourth-order valence-electron chi connectivity index (χ4n) is 4.59. The van der Waals surface area contributed by atoms with Crippen molar-refractivity contribution < 1.29 is 14.3 Å². The molecule has 1 aliphatic carbocycles. The lowest BCUT2D eigenvalue weighted by Gasteiger charge is -2.32. The number of carbonyl (C=O) groups is 2. The Bertz CT molecular complexity index is 1170. The molecule has 8 nitrogen and oxygen atoms in total. The molecule has 1 aromatic carbocycles. The van der Waals surface area contributed by atoms with Crippen LogP contribution in [0.2, 0.25) is 0 Å². The second kappa shape index (κ2) is 9.15. The van der Waals surface area contributed by atoms with E-state index in [2.05, 4.69) is 10.2 Å². The lowest BCUT2D eigenvalue weighted by molar-refractivity contribution is -0.0249. The Kier molecular flexibility index (Phi) is 5.92. The van der Waals surface area contributed by atoms with Gasteiger partial charge in [-0.05, 0) is 49.9 Å². The van der Waals surface area contributed by atoms with Gasteiger partial charge in [-0.25, -0.2) is 4.98 Å². The summed E-state index contributed by atoms with van der Waals surface area (Å²) in [5, 5.41) is 7.48. The van der Waals surface area contributed by atoms with Gasteiger partial charge in [0.2, 0.25) is 5.91 Å². The largest absolute Gasteiger partial charge is 0.368 e. The molecule has 170 valence electrons. The molecule has 0 radical (unpaired) electrons. The van der Waals surface area contributed by atoms with Gasteiger partial charge in [-0.15, -0.1) is 0 Å². The van der Waals surface area contributed by atoms with E-state index in [0.717, 1.165) is 53.9 Å². The number of fused-ring (bicyclic) bond motifs is 1. The molecular formula is C25H27N5O3. The minimum atomic E-state index is -0.461. The van der Waals surface area contributed by atoms with Crippen molar-refractivity contribution in [3.05, 3.63) is 70.7 Å². The Labute approximate surface area is 192 Å². The van der Waals surface area contributed by atoms with Crippen LogP contribution in [0.4, 0.5) is 0 Å². The highest BCUT2D eigenvalue weighted by molar-refractivity contribution is 5.94. The molecule has 1 fully saturated rings. The number of H-pyrrole nitrogens is 1. The van der Waals surface area contributed by atoms with E-state index >= 15 is 0 Å². The third-order valence-electron chi connectivity index (χ3n) is 6.43. The maximum atomic E-state index is 13.3. The number of morpholine rings is 1. The van der Waals surface area contributed by atoms with Gasteiger partial charge in [0.1, 0.15) is 6.10 Å². The molecule has 1 atom stereocenters. The summed E-state index contributed by atoms with van der Waals surface area (Å²) in [6.45, 7) is 1.41. The highest BCUT2D eigenvalue weighted by Gasteiger charge is 2.30. The summed E-state index contributed by atoms with van der Waals surface area (Å²) in [6, 6.07) is 12.8. The van der Waals surface area contributed by atoms with Gasteiger partial charge in [-0.3, -0.25) is 14.7 Å². The Balaban J connectivity index is 1.34. The molecule has 0 unspecified atom stereocenters. The van der Waals surface area contributed by atoms with Gasteiger partial charge in [0.25, 0.3) is 5.91 Å². The maximum Gasteiger partial charge on any atom is 0.274 e. The fourth-order valence-corrected chi connectivity index (χ4v) is 4.59. The SMILES string of the molecule is NC(=O)c1ccc(-c2cccc([C@H]3CN(C(=O)c4n[nH]c5c4CCCCC5)CCO3)n2)cc1. The van der Waals surface area contributed by atoms with Gasteiger partial charge < -0.3 is 15.4 Å². The highest BCUT2D eigenvalue weighted by atomic mass is 16.5. The molecule has 1 saturated heterocycles. The normalized spacial score (nSPS) is 18.4. The van der Waals surface area contributed by atoms with Crippen molar-refractivity contribution in [1.29, 1.82) is 0 Å².